The molecule has 0 fully saturated rings. The van der Waals surface area contributed by atoms with Crippen molar-refractivity contribution in [2.24, 2.45) is 0 Å². The fraction of sp³-hybridized carbons (Fsp3) is 0.294. The Kier molecular flexibility index (Phi) is 5.21. The zero-order valence-electron chi connectivity index (χ0n) is 11.9. The van der Waals surface area contributed by atoms with E-state index in [1.54, 1.807) is 0 Å². The van der Waals surface area contributed by atoms with Gasteiger partial charge in [0.25, 0.3) is 0 Å². The van der Waals surface area contributed by atoms with E-state index in [1.807, 2.05) is 25.1 Å². The molecule has 0 saturated heterocycles. The van der Waals surface area contributed by atoms with Gasteiger partial charge < -0.3 is 10.0 Å². The van der Waals surface area contributed by atoms with Crippen molar-refractivity contribution >= 4 is 21.6 Å². The summed E-state index contributed by atoms with van der Waals surface area (Å²) in [7, 11) is 2.07. The molecule has 0 aliphatic rings. The van der Waals surface area contributed by atoms with E-state index in [0.29, 0.717) is 0 Å². The van der Waals surface area contributed by atoms with Crippen molar-refractivity contribution in [1.29, 1.82) is 0 Å². The molecule has 2 aromatic carbocycles. The second kappa shape index (κ2) is 6.91. The normalized spacial score (nSPS) is 12.2. The lowest BCUT2D eigenvalue weighted by molar-refractivity contribution is 0.173. The number of rotatable bonds is 5. The summed E-state index contributed by atoms with van der Waals surface area (Å²) in [5.74, 6) is 0. The van der Waals surface area contributed by atoms with Crippen LogP contribution in [0.2, 0.25) is 0 Å². The SMILES string of the molecule is CC[C@H](O)c1ccc(N(C)Cc2ccccc2Br)cc1. The third kappa shape index (κ3) is 3.62. The predicted molar refractivity (Wildman–Crippen MR) is 87.9 cm³/mol. The zero-order chi connectivity index (χ0) is 14.5. The van der Waals surface area contributed by atoms with Gasteiger partial charge in [-0.15, -0.1) is 0 Å². The van der Waals surface area contributed by atoms with E-state index in [2.05, 4.69) is 58.2 Å². The lowest BCUT2D eigenvalue weighted by Gasteiger charge is -2.21. The fourth-order valence-corrected chi connectivity index (χ4v) is 2.57. The zero-order valence-corrected chi connectivity index (χ0v) is 13.5. The van der Waals surface area contributed by atoms with Crippen LogP contribution in [-0.2, 0) is 6.54 Å². The largest absolute Gasteiger partial charge is 0.388 e. The quantitative estimate of drug-likeness (QED) is 0.868. The van der Waals surface area contributed by atoms with Gasteiger partial charge in [-0.1, -0.05) is 53.2 Å². The van der Waals surface area contributed by atoms with Crippen molar-refractivity contribution in [3.05, 3.63) is 64.1 Å². The molecule has 0 bridgehead atoms. The Morgan fingerprint density at radius 2 is 1.75 bits per heavy atom. The first-order valence-corrected chi connectivity index (χ1v) is 7.63. The van der Waals surface area contributed by atoms with Crippen LogP contribution in [0.15, 0.2) is 53.0 Å². The van der Waals surface area contributed by atoms with Crippen LogP contribution in [0.5, 0.6) is 0 Å². The maximum Gasteiger partial charge on any atom is 0.0787 e. The molecule has 1 N–H and O–H groups in total. The van der Waals surface area contributed by atoms with Gasteiger partial charge in [-0.05, 0) is 35.7 Å². The smallest absolute Gasteiger partial charge is 0.0787 e. The Morgan fingerprint density at radius 3 is 2.35 bits per heavy atom. The average Bonchev–Trinajstić information content (AvgIpc) is 2.49. The van der Waals surface area contributed by atoms with Gasteiger partial charge in [-0.2, -0.15) is 0 Å². The predicted octanol–water partition coefficient (Wildman–Crippen LogP) is 4.53. The van der Waals surface area contributed by atoms with Gasteiger partial charge in [-0.25, -0.2) is 0 Å². The average molecular weight is 334 g/mol. The van der Waals surface area contributed by atoms with E-state index >= 15 is 0 Å². The van der Waals surface area contributed by atoms with Gasteiger partial charge in [0.2, 0.25) is 0 Å². The van der Waals surface area contributed by atoms with Gasteiger partial charge >= 0.3 is 0 Å². The van der Waals surface area contributed by atoms with Crippen LogP contribution in [0.3, 0.4) is 0 Å². The van der Waals surface area contributed by atoms with E-state index in [9.17, 15) is 5.11 Å². The first-order chi connectivity index (χ1) is 9.61. The Morgan fingerprint density at radius 1 is 1.10 bits per heavy atom. The van der Waals surface area contributed by atoms with Crippen LogP contribution in [-0.4, -0.2) is 12.2 Å². The van der Waals surface area contributed by atoms with Gasteiger partial charge in [-0.3, -0.25) is 0 Å². The first-order valence-electron chi connectivity index (χ1n) is 6.84. The Labute approximate surface area is 129 Å². The number of aliphatic hydroxyl groups is 1. The summed E-state index contributed by atoms with van der Waals surface area (Å²) in [6.45, 7) is 2.83. The van der Waals surface area contributed by atoms with Crippen molar-refractivity contribution in [3.8, 4) is 0 Å². The lowest BCUT2D eigenvalue weighted by atomic mass is 10.1. The second-order valence-corrected chi connectivity index (χ2v) is 5.82. The lowest BCUT2D eigenvalue weighted by Crippen LogP contribution is -2.16. The molecule has 2 aromatic rings. The molecule has 2 rings (SSSR count). The minimum Gasteiger partial charge on any atom is -0.388 e. The number of anilines is 1. The van der Waals surface area contributed by atoms with Gasteiger partial charge in [0, 0.05) is 23.8 Å². The topological polar surface area (TPSA) is 23.5 Å². The van der Waals surface area contributed by atoms with Crippen LogP contribution >= 0.6 is 15.9 Å². The van der Waals surface area contributed by atoms with E-state index in [-0.39, 0.29) is 6.10 Å². The van der Waals surface area contributed by atoms with Crippen LogP contribution < -0.4 is 4.90 Å². The molecule has 20 heavy (non-hydrogen) atoms. The second-order valence-electron chi connectivity index (χ2n) is 4.96. The molecule has 0 aliphatic carbocycles. The van der Waals surface area contributed by atoms with Crippen LogP contribution in [0, 0.1) is 0 Å². The summed E-state index contributed by atoms with van der Waals surface area (Å²) in [6, 6.07) is 16.4. The summed E-state index contributed by atoms with van der Waals surface area (Å²) >= 11 is 3.58. The molecular weight excluding hydrogens is 314 g/mol. The molecule has 1 atom stereocenters. The molecule has 0 aromatic heterocycles. The van der Waals surface area contributed by atoms with Crippen molar-refractivity contribution in [1.82, 2.24) is 0 Å². The molecule has 0 radical (unpaired) electrons. The fourth-order valence-electron chi connectivity index (χ4n) is 2.16. The van der Waals surface area contributed by atoms with Crippen LogP contribution in [0.4, 0.5) is 5.69 Å². The number of hydrogen-bond acceptors (Lipinski definition) is 2. The maximum atomic E-state index is 9.81. The number of benzene rings is 2. The van der Waals surface area contributed by atoms with Crippen molar-refractivity contribution < 1.29 is 5.11 Å². The highest BCUT2D eigenvalue weighted by molar-refractivity contribution is 9.10. The number of hydrogen-bond donors (Lipinski definition) is 1. The molecule has 0 unspecified atom stereocenters. The molecule has 106 valence electrons. The highest BCUT2D eigenvalue weighted by Gasteiger charge is 2.07. The Hall–Kier alpha value is -1.32. The van der Waals surface area contributed by atoms with E-state index in [4.69, 9.17) is 0 Å². The molecule has 0 spiro atoms. The molecular formula is C17H20BrNO. The third-order valence-electron chi connectivity index (χ3n) is 3.47. The van der Waals surface area contributed by atoms with Crippen molar-refractivity contribution in [2.45, 2.75) is 26.0 Å². The van der Waals surface area contributed by atoms with Gasteiger partial charge in [0.15, 0.2) is 0 Å². The van der Waals surface area contributed by atoms with Gasteiger partial charge in [0.05, 0.1) is 6.10 Å². The van der Waals surface area contributed by atoms with E-state index < -0.39 is 0 Å². The summed E-state index contributed by atoms with van der Waals surface area (Å²) in [5.41, 5.74) is 3.38. The van der Waals surface area contributed by atoms with Crippen molar-refractivity contribution in [2.75, 3.05) is 11.9 Å². The molecule has 0 amide bonds. The minimum atomic E-state index is -0.363. The van der Waals surface area contributed by atoms with E-state index in [1.165, 1.54) is 5.56 Å². The summed E-state index contributed by atoms with van der Waals surface area (Å²) in [4.78, 5) is 2.20. The Balaban J connectivity index is 2.10. The molecule has 3 heteroatoms. The minimum absolute atomic E-state index is 0.363. The van der Waals surface area contributed by atoms with Crippen LogP contribution in [0.25, 0.3) is 0 Å². The van der Waals surface area contributed by atoms with Gasteiger partial charge in [0.1, 0.15) is 0 Å². The highest BCUT2D eigenvalue weighted by atomic mass is 79.9. The molecule has 0 aliphatic heterocycles. The number of nitrogens with zero attached hydrogens (tertiary/aromatic N) is 1. The number of halogens is 1. The highest BCUT2D eigenvalue weighted by Crippen LogP contribution is 2.23. The molecule has 0 saturated carbocycles. The molecule has 2 nitrogen and oxygen atoms in total. The monoisotopic (exact) mass is 333 g/mol. The third-order valence-corrected chi connectivity index (χ3v) is 4.24. The summed E-state index contributed by atoms with van der Waals surface area (Å²) < 4.78 is 1.13. The molecule has 0 heterocycles. The number of aliphatic hydroxyl groups excluding tert-OH is 1. The van der Waals surface area contributed by atoms with Crippen molar-refractivity contribution in [3.63, 3.8) is 0 Å². The maximum absolute atomic E-state index is 9.81. The first kappa shape index (κ1) is 15.1. The van der Waals surface area contributed by atoms with E-state index in [0.717, 1.165) is 28.7 Å². The Bertz CT molecular complexity index is 553. The standard InChI is InChI=1S/C17H20BrNO/c1-3-17(20)13-8-10-15(11-9-13)19(2)12-14-6-4-5-7-16(14)18/h4-11,17,20H,3,12H2,1-2H3/t17-/m0/s1. The summed E-state index contributed by atoms with van der Waals surface area (Å²) in [6.07, 6.45) is 0.379. The summed E-state index contributed by atoms with van der Waals surface area (Å²) in [5, 5.41) is 9.81. The van der Waals surface area contributed by atoms with Crippen LogP contribution in [0.1, 0.15) is 30.6 Å².